The molecule has 1 aromatic rings. The molecule has 5 heteroatoms. The Morgan fingerprint density at radius 2 is 2.40 bits per heavy atom. The Balaban J connectivity index is 2.78. The maximum atomic E-state index is 3.93. The van der Waals surface area contributed by atoms with E-state index in [9.17, 15) is 0 Å². The molecule has 1 N–H and O–H groups in total. The van der Waals surface area contributed by atoms with E-state index in [0.717, 1.165) is 5.69 Å². The minimum Gasteiger partial charge on any atom is -0.248 e. The molecule has 0 aromatic carbocycles. The quantitative estimate of drug-likeness (QED) is 0.637. The summed E-state index contributed by atoms with van der Waals surface area (Å²) in [6, 6.07) is 0. The smallest absolute Gasteiger partial charge is 0.0875 e. The molecule has 0 aliphatic heterocycles. The van der Waals surface area contributed by atoms with E-state index < -0.39 is 0 Å². The van der Waals surface area contributed by atoms with Crippen LogP contribution >= 0.6 is 22.9 Å². The van der Waals surface area contributed by atoms with E-state index in [-0.39, 0.29) is 0 Å². The largest absolute Gasteiger partial charge is 0.248 e. The lowest BCUT2D eigenvalue weighted by Crippen LogP contribution is -2.02. The van der Waals surface area contributed by atoms with E-state index in [1.807, 2.05) is 29.1 Å². The number of halogens is 1. The van der Waals surface area contributed by atoms with Crippen molar-refractivity contribution in [3.8, 4) is 0 Å². The first-order chi connectivity index (χ1) is 4.74. The van der Waals surface area contributed by atoms with Crippen LogP contribution in [0.25, 0.3) is 0 Å². The van der Waals surface area contributed by atoms with Crippen LogP contribution in [-0.4, -0.2) is 15.1 Å². The minimum atomic E-state index is 0.443. The summed E-state index contributed by atoms with van der Waals surface area (Å²) in [6.07, 6.45) is 1.87. The predicted molar refractivity (Wildman–Crippen MR) is 47.5 cm³/mol. The standard InChI is InChI=1S/C5H9IN4/c1-4(2)5-3-10(8-6)9-7-5/h3-4,8H,1-2H3. The topological polar surface area (TPSA) is 42.7 Å². The number of hydrogen-bond donors (Lipinski definition) is 1. The predicted octanol–water partition coefficient (Wildman–Crippen LogP) is 1.29. The summed E-state index contributed by atoms with van der Waals surface area (Å²) >= 11 is 2.00. The van der Waals surface area contributed by atoms with Crippen molar-refractivity contribution in [2.45, 2.75) is 19.8 Å². The summed E-state index contributed by atoms with van der Waals surface area (Å²) in [6.45, 7) is 4.17. The second-order valence-corrected chi connectivity index (χ2v) is 2.81. The van der Waals surface area contributed by atoms with Crippen LogP contribution < -0.4 is 3.64 Å². The molecule has 1 rings (SSSR count). The van der Waals surface area contributed by atoms with Crippen LogP contribution in [0.4, 0.5) is 0 Å². The van der Waals surface area contributed by atoms with Gasteiger partial charge in [-0.25, -0.2) is 3.64 Å². The zero-order valence-corrected chi connectivity index (χ0v) is 8.03. The monoisotopic (exact) mass is 252 g/mol. The maximum Gasteiger partial charge on any atom is 0.0875 e. The number of nitrogens with zero attached hydrogens (tertiary/aromatic N) is 3. The van der Waals surface area contributed by atoms with Gasteiger partial charge in [0.15, 0.2) is 0 Å². The van der Waals surface area contributed by atoms with Crippen molar-refractivity contribution in [1.29, 1.82) is 0 Å². The third-order valence-electron chi connectivity index (χ3n) is 1.19. The van der Waals surface area contributed by atoms with Gasteiger partial charge in [-0.1, -0.05) is 13.8 Å². The van der Waals surface area contributed by atoms with Gasteiger partial charge in [-0.3, -0.25) is 0 Å². The average molecular weight is 252 g/mol. The van der Waals surface area contributed by atoms with Gasteiger partial charge >= 0.3 is 0 Å². The molecule has 1 aromatic heterocycles. The number of rotatable bonds is 2. The fraction of sp³-hybridized carbons (Fsp3) is 0.600. The minimum absolute atomic E-state index is 0.443. The van der Waals surface area contributed by atoms with Crippen LogP contribution in [0.15, 0.2) is 6.20 Å². The first-order valence-corrected chi connectivity index (χ1v) is 4.11. The molecule has 56 valence electrons. The van der Waals surface area contributed by atoms with Crippen LogP contribution in [0.1, 0.15) is 25.5 Å². The molecule has 0 aliphatic carbocycles. The summed E-state index contributed by atoms with van der Waals surface area (Å²) in [5.74, 6) is 0.443. The number of aromatic nitrogens is 3. The van der Waals surface area contributed by atoms with E-state index in [1.54, 1.807) is 4.79 Å². The van der Waals surface area contributed by atoms with Crippen LogP contribution in [-0.2, 0) is 0 Å². The molecule has 10 heavy (non-hydrogen) atoms. The third kappa shape index (κ3) is 1.59. The van der Waals surface area contributed by atoms with Crippen LogP contribution in [0.5, 0.6) is 0 Å². The van der Waals surface area contributed by atoms with Crippen LogP contribution in [0.2, 0.25) is 0 Å². The summed E-state index contributed by atoms with van der Waals surface area (Å²) in [5, 5.41) is 7.74. The highest BCUT2D eigenvalue weighted by atomic mass is 127. The van der Waals surface area contributed by atoms with Gasteiger partial charge in [0.05, 0.1) is 34.8 Å². The molecule has 0 fully saturated rings. The normalized spacial score (nSPS) is 10.4. The van der Waals surface area contributed by atoms with Gasteiger partial charge in [0, 0.05) is 0 Å². The number of hydrogen-bond acceptors (Lipinski definition) is 3. The first kappa shape index (κ1) is 7.77. The highest BCUT2D eigenvalue weighted by molar-refractivity contribution is 14.1. The van der Waals surface area contributed by atoms with Gasteiger partial charge in [0.25, 0.3) is 0 Å². The molecular formula is C5H9IN4. The average Bonchev–Trinajstić information content (AvgIpc) is 2.34. The summed E-state index contributed by atoms with van der Waals surface area (Å²) in [4.78, 5) is 1.58. The molecule has 0 aliphatic rings. The van der Waals surface area contributed by atoms with Gasteiger partial charge in [0.2, 0.25) is 0 Å². The van der Waals surface area contributed by atoms with E-state index in [2.05, 4.69) is 27.8 Å². The Kier molecular flexibility index (Phi) is 2.47. The van der Waals surface area contributed by atoms with Crippen molar-refractivity contribution in [2.75, 3.05) is 3.64 Å². The molecule has 0 saturated heterocycles. The second kappa shape index (κ2) is 3.18. The zero-order valence-electron chi connectivity index (χ0n) is 5.87. The molecule has 0 radical (unpaired) electrons. The van der Waals surface area contributed by atoms with E-state index >= 15 is 0 Å². The Morgan fingerprint density at radius 1 is 1.70 bits per heavy atom. The van der Waals surface area contributed by atoms with Crippen molar-refractivity contribution >= 4 is 22.9 Å². The van der Waals surface area contributed by atoms with Gasteiger partial charge in [-0.2, -0.15) is 4.79 Å². The Bertz CT molecular complexity index is 207. The molecule has 0 unspecified atom stereocenters. The first-order valence-electron chi connectivity index (χ1n) is 3.03. The Morgan fingerprint density at radius 3 is 2.70 bits per heavy atom. The lowest BCUT2D eigenvalue weighted by Gasteiger charge is -1.94. The van der Waals surface area contributed by atoms with Gasteiger partial charge < -0.3 is 0 Å². The van der Waals surface area contributed by atoms with Crippen molar-refractivity contribution in [1.82, 2.24) is 15.1 Å². The van der Waals surface area contributed by atoms with Crippen LogP contribution in [0.3, 0.4) is 0 Å². The highest BCUT2D eigenvalue weighted by Crippen LogP contribution is 2.08. The van der Waals surface area contributed by atoms with Crippen molar-refractivity contribution < 1.29 is 0 Å². The van der Waals surface area contributed by atoms with Crippen molar-refractivity contribution in [3.05, 3.63) is 11.9 Å². The highest BCUT2D eigenvalue weighted by Gasteiger charge is 2.02. The zero-order chi connectivity index (χ0) is 7.56. The molecule has 0 saturated carbocycles. The van der Waals surface area contributed by atoms with Crippen molar-refractivity contribution in [3.63, 3.8) is 0 Å². The second-order valence-electron chi connectivity index (χ2n) is 2.33. The summed E-state index contributed by atoms with van der Waals surface area (Å²) in [5.41, 5.74) is 1.00. The molecule has 0 atom stereocenters. The molecule has 1 heterocycles. The van der Waals surface area contributed by atoms with E-state index in [0.29, 0.717) is 5.92 Å². The molecule has 0 amide bonds. The molecule has 4 nitrogen and oxygen atoms in total. The third-order valence-corrected chi connectivity index (χ3v) is 1.68. The van der Waals surface area contributed by atoms with Gasteiger partial charge in [-0.15, -0.1) is 5.10 Å². The summed E-state index contributed by atoms with van der Waals surface area (Å²) < 4.78 is 2.82. The molecular weight excluding hydrogens is 243 g/mol. The van der Waals surface area contributed by atoms with E-state index in [1.165, 1.54) is 0 Å². The fourth-order valence-corrected chi connectivity index (χ4v) is 0.818. The van der Waals surface area contributed by atoms with Gasteiger partial charge in [-0.05, 0) is 11.1 Å². The van der Waals surface area contributed by atoms with E-state index in [4.69, 9.17) is 0 Å². The van der Waals surface area contributed by atoms with Gasteiger partial charge in [0.1, 0.15) is 0 Å². The molecule has 0 spiro atoms. The maximum absolute atomic E-state index is 3.93. The Hall–Kier alpha value is -0.330. The fourth-order valence-electron chi connectivity index (χ4n) is 0.583. The lowest BCUT2D eigenvalue weighted by atomic mass is 10.2. The Labute approximate surface area is 73.5 Å². The van der Waals surface area contributed by atoms with Crippen LogP contribution in [0, 0.1) is 0 Å². The SMILES string of the molecule is CC(C)c1cn(NI)nn1. The van der Waals surface area contributed by atoms with Crippen molar-refractivity contribution in [2.24, 2.45) is 0 Å². The lowest BCUT2D eigenvalue weighted by molar-refractivity contribution is 0.759. The summed E-state index contributed by atoms with van der Waals surface area (Å²) in [7, 11) is 0. The molecule has 0 bridgehead atoms. The number of nitrogens with one attached hydrogen (secondary N) is 1.